The van der Waals surface area contributed by atoms with Crippen LogP contribution >= 0.6 is 43.8 Å². The van der Waals surface area contributed by atoms with Gasteiger partial charge in [0.15, 0.2) is 0 Å². The van der Waals surface area contributed by atoms with Crippen molar-refractivity contribution in [3.8, 4) is 5.75 Å². The first-order valence-electron chi connectivity index (χ1n) is 4.11. The monoisotopic (exact) mass is 339 g/mol. The van der Waals surface area contributed by atoms with Gasteiger partial charge >= 0.3 is 0 Å². The molecule has 78 valence electrons. The minimum Gasteiger partial charge on any atom is -0.496 e. The summed E-state index contributed by atoms with van der Waals surface area (Å²) in [5.74, 6) is 0.841. The molecule has 0 fully saturated rings. The Balaban J connectivity index is 2.92. The molecule has 1 aromatic carbocycles. The Morgan fingerprint density at radius 1 is 1.36 bits per heavy atom. The number of hydrogen-bond donors (Lipinski definition) is 1. The van der Waals surface area contributed by atoms with Crippen molar-refractivity contribution in [2.24, 2.45) is 0 Å². The molecule has 0 radical (unpaired) electrons. The van der Waals surface area contributed by atoms with Gasteiger partial charge in [-0.1, -0.05) is 6.92 Å². The number of hydrogen-bond acceptors (Lipinski definition) is 3. The van der Waals surface area contributed by atoms with Crippen molar-refractivity contribution in [1.82, 2.24) is 4.72 Å². The Morgan fingerprint density at radius 3 is 2.64 bits per heavy atom. The fourth-order valence-electron chi connectivity index (χ4n) is 0.895. The van der Waals surface area contributed by atoms with Crippen LogP contribution in [0.5, 0.6) is 5.75 Å². The highest BCUT2D eigenvalue weighted by Crippen LogP contribution is 2.35. The molecule has 0 amide bonds. The summed E-state index contributed by atoms with van der Waals surface area (Å²) >= 11 is 8.51. The maximum absolute atomic E-state index is 5.21. The normalized spacial score (nSPS) is 10.3. The van der Waals surface area contributed by atoms with Crippen molar-refractivity contribution in [3.63, 3.8) is 0 Å². The molecule has 0 aliphatic heterocycles. The van der Waals surface area contributed by atoms with Gasteiger partial charge in [-0.25, -0.2) is 0 Å². The highest BCUT2D eigenvalue weighted by Gasteiger charge is 2.06. The third kappa shape index (κ3) is 3.15. The predicted molar refractivity (Wildman–Crippen MR) is 67.9 cm³/mol. The summed E-state index contributed by atoms with van der Waals surface area (Å²) in [6.45, 7) is 2.99. The van der Waals surface area contributed by atoms with Crippen molar-refractivity contribution >= 4 is 43.8 Å². The Bertz CT molecular complexity index is 320. The van der Waals surface area contributed by atoms with Crippen LogP contribution in [0, 0.1) is 0 Å². The van der Waals surface area contributed by atoms with Gasteiger partial charge in [-0.15, -0.1) is 0 Å². The second kappa shape index (κ2) is 6.00. The van der Waals surface area contributed by atoms with Crippen molar-refractivity contribution in [2.45, 2.75) is 11.8 Å². The third-order valence-corrected chi connectivity index (χ3v) is 4.06. The van der Waals surface area contributed by atoms with E-state index in [-0.39, 0.29) is 0 Å². The first kappa shape index (κ1) is 12.4. The molecule has 5 heteroatoms. The van der Waals surface area contributed by atoms with Crippen LogP contribution in [0.2, 0.25) is 0 Å². The molecule has 0 unspecified atom stereocenters. The molecule has 1 rings (SSSR count). The van der Waals surface area contributed by atoms with Crippen LogP contribution in [0.15, 0.2) is 26.0 Å². The van der Waals surface area contributed by atoms with Crippen LogP contribution in [-0.4, -0.2) is 13.7 Å². The zero-order valence-corrected chi connectivity index (χ0v) is 11.9. The van der Waals surface area contributed by atoms with Gasteiger partial charge in [0, 0.05) is 15.9 Å². The van der Waals surface area contributed by atoms with Crippen molar-refractivity contribution in [3.05, 3.63) is 21.1 Å². The highest BCUT2D eigenvalue weighted by atomic mass is 79.9. The van der Waals surface area contributed by atoms with Crippen molar-refractivity contribution < 1.29 is 4.74 Å². The minimum atomic E-state index is 0.841. The number of halogens is 2. The van der Waals surface area contributed by atoms with Crippen LogP contribution in [0.1, 0.15) is 6.92 Å². The van der Waals surface area contributed by atoms with E-state index in [9.17, 15) is 0 Å². The standard InChI is InChI=1S/C9H11Br2NOS/c1-3-12-14-9-5-8(13-2)6(10)4-7(9)11/h4-5,12H,3H2,1-2H3. The predicted octanol–water partition coefficient (Wildman–Crippen LogP) is 3.84. The molecule has 0 aromatic heterocycles. The lowest BCUT2D eigenvalue weighted by atomic mass is 10.3. The molecule has 1 aromatic rings. The van der Waals surface area contributed by atoms with Gasteiger partial charge in [0.05, 0.1) is 11.6 Å². The molecule has 0 atom stereocenters. The second-order valence-corrected chi connectivity index (χ2v) is 5.16. The van der Waals surface area contributed by atoms with E-state index in [1.54, 1.807) is 19.1 Å². The molecule has 0 spiro atoms. The van der Waals surface area contributed by atoms with Crippen molar-refractivity contribution in [2.75, 3.05) is 13.7 Å². The summed E-state index contributed by atoms with van der Waals surface area (Å²) in [4.78, 5) is 1.12. The molecular formula is C9H11Br2NOS. The lowest BCUT2D eigenvalue weighted by molar-refractivity contribution is 0.411. The van der Waals surface area contributed by atoms with E-state index in [2.05, 4.69) is 43.5 Å². The first-order valence-corrected chi connectivity index (χ1v) is 6.52. The van der Waals surface area contributed by atoms with Crippen LogP contribution in [-0.2, 0) is 0 Å². The first-order chi connectivity index (χ1) is 6.69. The molecule has 0 aliphatic carbocycles. The molecule has 0 saturated heterocycles. The topological polar surface area (TPSA) is 21.3 Å². The Hall–Kier alpha value is 0.290. The molecular weight excluding hydrogens is 330 g/mol. The lowest BCUT2D eigenvalue weighted by Crippen LogP contribution is -2.00. The van der Waals surface area contributed by atoms with Gasteiger partial charge < -0.3 is 4.74 Å². The van der Waals surface area contributed by atoms with Crippen LogP contribution in [0.25, 0.3) is 0 Å². The summed E-state index contributed by atoms with van der Waals surface area (Å²) < 4.78 is 10.4. The number of methoxy groups -OCH3 is 1. The van der Waals surface area contributed by atoms with E-state index in [1.165, 1.54) is 0 Å². The number of rotatable bonds is 4. The lowest BCUT2D eigenvalue weighted by Gasteiger charge is -2.08. The summed E-state index contributed by atoms with van der Waals surface area (Å²) in [6.07, 6.45) is 0. The molecule has 1 N–H and O–H groups in total. The number of benzene rings is 1. The summed E-state index contributed by atoms with van der Waals surface area (Å²) in [6, 6.07) is 3.97. The molecule has 0 heterocycles. The van der Waals surface area contributed by atoms with Gasteiger partial charge in [0.1, 0.15) is 5.75 Å². The van der Waals surface area contributed by atoms with Gasteiger partial charge in [-0.05, 0) is 55.9 Å². The van der Waals surface area contributed by atoms with E-state index in [4.69, 9.17) is 4.74 Å². The smallest absolute Gasteiger partial charge is 0.134 e. The van der Waals surface area contributed by atoms with Crippen LogP contribution in [0.4, 0.5) is 0 Å². The zero-order chi connectivity index (χ0) is 10.6. The fraction of sp³-hybridized carbons (Fsp3) is 0.333. The minimum absolute atomic E-state index is 0.841. The van der Waals surface area contributed by atoms with Gasteiger partial charge in [0.2, 0.25) is 0 Å². The third-order valence-electron chi connectivity index (χ3n) is 1.53. The molecule has 14 heavy (non-hydrogen) atoms. The van der Waals surface area contributed by atoms with Crippen LogP contribution in [0.3, 0.4) is 0 Å². The van der Waals surface area contributed by atoms with Crippen LogP contribution < -0.4 is 9.46 Å². The Morgan fingerprint density at radius 2 is 2.07 bits per heavy atom. The fourth-order valence-corrected chi connectivity index (χ4v) is 2.92. The van der Waals surface area contributed by atoms with E-state index < -0.39 is 0 Å². The summed E-state index contributed by atoms with van der Waals surface area (Å²) in [7, 11) is 1.66. The Kier molecular flexibility index (Phi) is 5.30. The quantitative estimate of drug-likeness (QED) is 0.841. The largest absolute Gasteiger partial charge is 0.496 e. The molecule has 0 bridgehead atoms. The average Bonchev–Trinajstić information content (AvgIpc) is 2.17. The zero-order valence-electron chi connectivity index (χ0n) is 7.93. The highest BCUT2D eigenvalue weighted by molar-refractivity contribution is 9.11. The van der Waals surface area contributed by atoms with E-state index >= 15 is 0 Å². The maximum atomic E-state index is 5.21. The van der Waals surface area contributed by atoms with Gasteiger partial charge in [-0.2, -0.15) is 0 Å². The average molecular weight is 341 g/mol. The van der Waals surface area contributed by atoms with Gasteiger partial charge in [0.25, 0.3) is 0 Å². The van der Waals surface area contributed by atoms with Crippen molar-refractivity contribution in [1.29, 1.82) is 0 Å². The van der Waals surface area contributed by atoms with E-state index in [0.29, 0.717) is 0 Å². The Labute approximate surface area is 105 Å². The number of nitrogens with one attached hydrogen (secondary N) is 1. The summed E-state index contributed by atoms with van der Waals surface area (Å²) in [5, 5.41) is 0. The SMILES string of the molecule is CCNSc1cc(OC)c(Br)cc1Br. The number of ether oxygens (including phenoxy) is 1. The van der Waals surface area contributed by atoms with Gasteiger partial charge in [-0.3, -0.25) is 4.72 Å². The second-order valence-electron chi connectivity index (χ2n) is 2.52. The molecule has 2 nitrogen and oxygen atoms in total. The van der Waals surface area contributed by atoms with E-state index in [0.717, 1.165) is 26.1 Å². The maximum Gasteiger partial charge on any atom is 0.134 e. The molecule has 0 saturated carbocycles. The molecule has 0 aliphatic rings. The van der Waals surface area contributed by atoms with E-state index in [1.807, 2.05) is 12.1 Å². The summed E-state index contributed by atoms with van der Waals surface area (Å²) in [5.41, 5.74) is 0.